The molecule has 0 saturated carbocycles. The molecule has 0 unspecified atom stereocenters. The van der Waals surface area contributed by atoms with E-state index in [0.717, 1.165) is 19.0 Å². The van der Waals surface area contributed by atoms with E-state index >= 15 is 0 Å². The monoisotopic (exact) mass is 258 g/mol. The molecule has 0 radical (unpaired) electrons. The standard InChI is InChI=1S/C12H20F2N4/c1-4-5-18(7-6-17(2)3)12-10(14)8-9(13)11(15)16-12/h8H,4-7H2,1-3H3,(H2,15,16). The fraction of sp³-hybridized carbons (Fsp3) is 0.583. The van der Waals surface area contributed by atoms with Crippen molar-refractivity contribution in [1.82, 2.24) is 9.88 Å². The lowest BCUT2D eigenvalue weighted by Gasteiger charge is -2.25. The number of nitrogens with zero attached hydrogens (tertiary/aromatic N) is 3. The van der Waals surface area contributed by atoms with Gasteiger partial charge in [-0.1, -0.05) is 6.92 Å². The van der Waals surface area contributed by atoms with Gasteiger partial charge in [0.15, 0.2) is 23.3 Å². The summed E-state index contributed by atoms with van der Waals surface area (Å²) in [6, 6.07) is 0.788. The van der Waals surface area contributed by atoms with Crippen LogP contribution in [0.25, 0.3) is 0 Å². The van der Waals surface area contributed by atoms with Gasteiger partial charge in [-0.2, -0.15) is 0 Å². The summed E-state index contributed by atoms with van der Waals surface area (Å²) in [5.74, 6) is -1.64. The summed E-state index contributed by atoms with van der Waals surface area (Å²) in [6.07, 6.45) is 0.853. The van der Waals surface area contributed by atoms with Gasteiger partial charge in [0.05, 0.1) is 0 Å². The molecule has 1 heterocycles. The first-order valence-corrected chi connectivity index (χ1v) is 5.97. The Bertz CT molecular complexity index is 396. The van der Waals surface area contributed by atoms with Gasteiger partial charge in [0.1, 0.15) is 0 Å². The summed E-state index contributed by atoms with van der Waals surface area (Å²) >= 11 is 0. The van der Waals surface area contributed by atoms with Gasteiger partial charge in [-0.3, -0.25) is 0 Å². The molecule has 0 bridgehead atoms. The Morgan fingerprint density at radius 1 is 1.17 bits per heavy atom. The number of hydrogen-bond donors (Lipinski definition) is 1. The Kier molecular flexibility index (Phi) is 5.27. The van der Waals surface area contributed by atoms with Crippen molar-refractivity contribution in [3.05, 3.63) is 17.7 Å². The fourth-order valence-corrected chi connectivity index (χ4v) is 1.61. The number of likely N-dealkylation sites (N-methyl/N-ethyl adjacent to an activating group) is 1. The molecule has 0 aliphatic heterocycles. The first-order valence-electron chi connectivity index (χ1n) is 5.97. The zero-order valence-corrected chi connectivity index (χ0v) is 11.1. The van der Waals surface area contributed by atoms with Gasteiger partial charge in [-0.05, 0) is 20.5 Å². The van der Waals surface area contributed by atoms with Crippen LogP contribution in [0.4, 0.5) is 20.4 Å². The van der Waals surface area contributed by atoms with Crippen molar-refractivity contribution in [3.63, 3.8) is 0 Å². The zero-order chi connectivity index (χ0) is 13.7. The smallest absolute Gasteiger partial charge is 0.168 e. The highest BCUT2D eigenvalue weighted by atomic mass is 19.1. The third-order valence-corrected chi connectivity index (χ3v) is 2.55. The Labute approximate surface area is 106 Å². The summed E-state index contributed by atoms with van der Waals surface area (Å²) in [5, 5.41) is 0. The maximum atomic E-state index is 13.7. The molecule has 102 valence electrons. The average molecular weight is 258 g/mol. The van der Waals surface area contributed by atoms with Crippen molar-refractivity contribution in [2.24, 2.45) is 0 Å². The molecule has 0 amide bonds. The molecule has 1 rings (SSSR count). The minimum atomic E-state index is -0.819. The molecule has 1 aromatic rings. The second-order valence-electron chi connectivity index (χ2n) is 4.45. The largest absolute Gasteiger partial charge is 0.381 e. The first-order chi connectivity index (χ1) is 8.45. The highest BCUT2D eigenvalue weighted by Crippen LogP contribution is 2.20. The Morgan fingerprint density at radius 2 is 1.83 bits per heavy atom. The lowest BCUT2D eigenvalue weighted by molar-refractivity contribution is 0.411. The molecule has 6 heteroatoms. The van der Waals surface area contributed by atoms with E-state index in [2.05, 4.69) is 4.98 Å². The summed E-state index contributed by atoms with van der Waals surface area (Å²) < 4.78 is 26.8. The van der Waals surface area contributed by atoms with Crippen LogP contribution in [0.2, 0.25) is 0 Å². The minimum Gasteiger partial charge on any atom is -0.381 e. The van der Waals surface area contributed by atoms with Crippen LogP contribution in [0, 0.1) is 11.6 Å². The van der Waals surface area contributed by atoms with Gasteiger partial charge >= 0.3 is 0 Å². The number of halogens is 2. The van der Waals surface area contributed by atoms with E-state index in [4.69, 9.17) is 5.73 Å². The maximum absolute atomic E-state index is 13.7. The third kappa shape index (κ3) is 3.80. The fourth-order valence-electron chi connectivity index (χ4n) is 1.61. The number of nitrogen functional groups attached to an aromatic ring is 1. The van der Waals surface area contributed by atoms with Gasteiger partial charge in [0.2, 0.25) is 0 Å². The van der Waals surface area contributed by atoms with Gasteiger partial charge < -0.3 is 15.5 Å². The molecular weight excluding hydrogens is 238 g/mol. The van der Waals surface area contributed by atoms with E-state index in [1.54, 1.807) is 4.90 Å². The summed E-state index contributed by atoms with van der Waals surface area (Å²) in [4.78, 5) is 7.58. The number of hydrogen-bond acceptors (Lipinski definition) is 4. The van der Waals surface area contributed by atoms with Crippen LogP contribution in [0.3, 0.4) is 0 Å². The highest BCUT2D eigenvalue weighted by Gasteiger charge is 2.16. The van der Waals surface area contributed by atoms with Crippen molar-refractivity contribution >= 4 is 11.6 Å². The van der Waals surface area contributed by atoms with Gasteiger partial charge in [0, 0.05) is 25.7 Å². The Hall–Kier alpha value is -1.43. The number of nitrogens with two attached hydrogens (primary N) is 1. The topological polar surface area (TPSA) is 45.4 Å². The predicted molar refractivity (Wildman–Crippen MR) is 69.6 cm³/mol. The molecule has 0 aromatic carbocycles. The molecule has 2 N–H and O–H groups in total. The number of pyridine rings is 1. The molecule has 18 heavy (non-hydrogen) atoms. The number of rotatable bonds is 6. The second kappa shape index (κ2) is 6.49. The second-order valence-corrected chi connectivity index (χ2v) is 4.45. The van der Waals surface area contributed by atoms with Crippen molar-refractivity contribution in [3.8, 4) is 0 Å². The van der Waals surface area contributed by atoms with Crippen molar-refractivity contribution in [1.29, 1.82) is 0 Å². The van der Waals surface area contributed by atoms with Crippen LogP contribution in [0.1, 0.15) is 13.3 Å². The normalized spacial score (nSPS) is 11.0. The average Bonchev–Trinajstić information content (AvgIpc) is 2.29. The summed E-state index contributed by atoms with van der Waals surface area (Å²) in [6.45, 7) is 4.03. The maximum Gasteiger partial charge on any atom is 0.168 e. The summed E-state index contributed by atoms with van der Waals surface area (Å²) in [7, 11) is 3.87. The highest BCUT2D eigenvalue weighted by molar-refractivity contribution is 5.47. The zero-order valence-electron chi connectivity index (χ0n) is 11.1. The number of anilines is 2. The van der Waals surface area contributed by atoms with Gasteiger partial charge in [0.25, 0.3) is 0 Å². The van der Waals surface area contributed by atoms with Gasteiger partial charge in [-0.25, -0.2) is 13.8 Å². The predicted octanol–water partition coefficient (Wildman–Crippen LogP) is 1.72. The van der Waals surface area contributed by atoms with Crippen LogP contribution in [-0.4, -0.2) is 43.6 Å². The van der Waals surface area contributed by atoms with E-state index in [1.165, 1.54) is 0 Å². The molecule has 0 fully saturated rings. The lowest BCUT2D eigenvalue weighted by atomic mass is 10.3. The van der Waals surface area contributed by atoms with Crippen molar-refractivity contribution < 1.29 is 8.78 Å². The van der Waals surface area contributed by atoms with E-state index < -0.39 is 11.6 Å². The minimum absolute atomic E-state index is 0.123. The Balaban J connectivity index is 2.94. The van der Waals surface area contributed by atoms with Gasteiger partial charge in [-0.15, -0.1) is 0 Å². The van der Waals surface area contributed by atoms with Crippen LogP contribution >= 0.6 is 0 Å². The Morgan fingerprint density at radius 3 is 2.39 bits per heavy atom. The molecular formula is C12H20F2N4. The van der Waals surface area contributed by atoms with E-state index in [-0.39, 0.29) is 11.6 Å². The van der Waals surface area contributed by atoms with E-state index in [0.29, 0.717) is 13.1 Å². The van der Waals surface area contributed by atoms with Crippen LogP contribution < -0.4 is 10.6 Å². The van der Waals surface area contributed by atoms with Crippen LogP contribution in [-0.2, 0) is 0 Å². The molecule has 0 spiro atoms. The molecule has 1 aromatic heterocycles. The quantitative estimate of drug-likeness (QED) is 0.844. The molecule has 0 atom stereocenters. The van der Waals surface area contributed by atoms with Crippen LogP contribution in [0.5, 0.6) is 0 Å². The number of aromatic nitrogens is 1. The molecule has 0 aliphatic carbocycles. The van der Waals surface area contributed by atoms with Crippen molar-refractivity contribution in [2.45, 2.75) is 13.3 Å². The lowest BCUT2D eigenvalue weighted by Crippen LogP contribution is -2.33. The van der Waals surface area contributed by atoms with E-state index in [1.807, 2.05) is 25.9 Å². The SMILES string of the molecule is CCCN(CCN(C)C)c1nc(N)c(F)cc1F. The third-order valence-electron chi connectivity index (χ3n) is 2.55. The first kappa shape index (κ1) is 14.6. The van der Waals surface area contributed by atoms with E-state index in [9.17, 15) is 8.78 Å². The molecule has 4 nitrogen and oxygen atoms in total. The molecule has 0 aliphatic rings. The van der Waals surface area contributed by atoms with Crippen LogP contribution in [0.15, 0.2) is 6.07 Å². The van der Waals surface area contributed by atoms with Crippen molar-refractivity contribution in [2.75, 3.05) is 44.4 Å². The summed E-state index contributed by atoms with van der Waals surface area (Å²) in [5.41, 5.74) is 5.39. The molecule has 0 saturated heterocycles.